The van der Waals surface area contributed by atoms with Crippen LogP contribution in [-0.4, -0.2) is 89.0 Å². The number of aliphatic hydroxyl groups excluding tert-OH is 1. The quantitative estimate of drug-likeness (QED) is 0.336. The number of rotatable bonds is 9. The molecule has 0 spiro atoms. The van der Waals surface area contributed by atoms with Crippen molar-refractivity contribution in [3.05, 3.63) is 30.0 Å². The first kappa shape index (κ1) is 33.5. The van der Waals surface area contributed by atoms with Crippen LogP contribution in [0.3, 0.4) is 0 Å². The number of nitrogens with zero attached hydrogens (tertiary/aromatic N) is 2. The third-order valence-electron chi connectivity index (χ3n) is 6.96. The Hall–Kier alpha value is -1.55. The summed E-state index contributed by atoms with van der Waals surface area (Å²) < 4.78 is 5.75. The highest BCUT2D eigenvalue weighted by atomic mass is 35.5. The van der Waals surface area contributed by atoms with Crippen molar-refractivity contribution in [3.8, 4) is 5.75 Å². The summed E-state index contributed by atoms with van der Waals surface area (Å²) in [6.45, 7) is 11.8. The van der Waals surface area contributed by atoms with E-state index in [1.165, 1.54) is 6.54 Å². The van der Waals surface area contributed by atoms with E-state index < -0.39 is 5.97 Å². The molecule has 0 atom stereocenters. The van der Waals surface area contributed by atoms with Gasteiger partial charge in [-0.1, -0.05) is 19.9 Å². The fraction of sp³-hybridized carbons (Fsp3) is 0.667. The summed E-state index contributed by atoms with van der Waals surface area (Å²) in [6.07, 6.45) is 6.28. The number of carboxylic acids is 1. The number of carbonyl (C=O) groups is 1. The zero-order valence-electron chi connectivity index (χ0n) is 22.2. The van der Waals surface area contributed by atoms with Crippen LogP contribution in [0.4, 0.5) is 0 Å². The summed E-state index contributed by atoms with van der Waals surface area (Å²) in [4.78, 5) is 18.8. The van der Waals surface area contributed by atoms with Crippen LogP contribution in [0.1, 0.15) is 62.9 Å². The van der Waals surface area contributed by atoms with Gasteiger partial charge in [-0.2, -0.15) is 0 Å². The van der Waals surface area contributed by atoms with Crippen molar-refractivity contribution in [2.45, 2.75) is 64.5 Å². The van der Waals surface area contributed by atoms with Crippen molar-refractivity contribution in [2.24, 2.45) is 11.7 Å². The average Bonchev–Trinajstić information content (AvgIpc) is 3.29. The molecule has 0 amide bonds. The van der Waals surface area contributed by atoms with Gasteiger partial charge in [0.15, 0.2) is 0 Å². The summed E-state index contributed by atoms with van der Waals surface area (Å²) in [5.74, 6) is 0.456. The second-order valence-corrected chi connectivity index (χ2v) is 10.3. The normalized spacial score (nSPS) is 17.5. The largest absolute Gasteiger partial charge is 0.493 e. The standard InChI is InChI=1S/C15H19NO3.C12H25N3O.2ClH/c1-10(2)5-4-8-19-14-7-3-6-12-11(14)9-13(16-12)15(17)18;13-11-1-5-14(6-2-11)9-10-15-7-3-12(16)4-8-15;;/h3,6-7,9-10,16H,4-5,8H2,1-2H3,(H,17,18);11-12,16H,1-10,13H2;2*1H. The lowest BCUT2D eigenvalue weighted by atomic mass is 10.1. The molecular weight excluding hydrogens is 515 g/mol. The maximum Gasteiger partial charge on any atom is 0.352 e. The van der Waals surface area contributed by atoms with E-state index in [9.17, 15) is 9.90 Å². The van der Waals surface area contributed by atoms with E-state index in [1.54, 1.807) is 6.07 Å². The molecule has 0 radical (unpaired) electrons. The molecule has 8 nitrogen and oxygen atoms in total. The maximum absolute atomic E-state index is 10.9. The Morgan fingerprint density at radius 2 is 1.68 bits per heavy atom. The SMILES string of the molecule is CC(C)CCCOc1cccc2[nH]c(C(=O)O)cc12.Cl.Cl.NC1CCN(CCN2CCC(O)CC2)CC1. The molecule has 10 heteroatoms. The van der Waals surface area contributed by atoms with Crippen molar-refractivity contribution in [2.75, 3.05) is 45.9 Å². The Morgan fingerprint density at radius 1 is 1.08 bits per heavy atom. The molecule has 0 unspecified atom stereocenters. The first-order valence-corrected chi connectivity index (χ1v) is 13.2. The molecule has 37 heavy (non-hydrogen) atoms. The molecule has 4 rings (SSSR count). The van der Waals surface area contributed by atoms with Crippen LogP contribution in [0.2, 0.25) is 0 Å². The molecular formula is C27H46Cl2N4O4. The topological polar surface area (TPSA) is 115 Å². The molecule has 2 fully saturated rings. The number of ether oxygens (including phenoxy) is 1. The van der Waals surface area contributed by atoms with Gasteiger partial charge in [-0.05, 0) is 75.7 Å². The fourth-order valence-corrected chi connectivity index (χ4v) is 4.64. The number of aromatic nitrogens is 1. The molecule has 5 N–H and O–H groups in total. The molecule has 2 saturated heterocycles. The molecule has 0 saturated carbocycles. The second-order valence-electron chi connectivity index (χ2n) is 10.3. The third kappa shape index (κ3) is 11.4. The zero-order valence-corrected chi connectivity index (χ0v) is 23.9. The zero-order chi connectivity index (χ0) is 25.2. The number of halogens is 2. The number of hydrogen-bond donors (Lipinski definition) is 4. The van der Waals surface area contributed by atoms with E-state index in [0.717, 1.165) is 87.9 Å². The van der Waals surface area contributed by atoms with Crippen LogP contribution in [0.5, 0.6) is 5.75 Å². The number of H-pyrrole nitrogens is 1. The first-order chi connectivity index (χ1) is 16.8. The van der Waals surface area contributed by atoms with Gasteiger partial charge in [-0.3, -0.25) is 0 Å². The highest BCUT2D eigenvalue weighted by molar-refractivity contribution is 5.96. The summed E-state index contributed by atoms with van der Waals surface area (Å²) in [7, 11) is 0. The van der Waals surface area contributed by atoms with Crippen LogP contribution in [-0.2, 0) is 0 Å². The van der Waals surface area contributed by atoms with E-state index in [-0.39, 0.29) is 36.6 Å². The number of piperidine rings is 2. The monoisotopic (exact) mass is 560 g/mol. The predicted molar refractivity (Wildman–Crippen MR) is 155 cm³/mol. The summed E-state index contributed by atoms with van der Waals surface area (Å²) >= 11 is 0. The van der Waals surface area contributed by atoms with E-state index in [0.29, 0.717) is 18.6 Å². The minimum atomic E-state index is -0.957. The number of aromatic carboxylic acids is 1. The average molecular weight is 562 g/mol. The Bertz CT molecular complexity index is 889. The third-order valence-corrected chi connectivity index (χ3v) is 6.96. The van der Waals surface area contributed by atoms with Gasteiger partial charge < -0.3 is 35.5 Å². The van der Waals surface area contributed by atoms with Crippen LogP contribution in [0, 0.1) is 5.92 Å². The Kier molecular flexibility index (Phi) is 15.5. The van der Waals surface area contributed by atoms with Crippen LogP contribution in [0.15, 0.2) is 24.3 Å². The number of benzene rings is 1. The van der Waals surface area contributed by atoms with Crippen molar-refractivity contribution >= 4 is 41.7 Å². The smallest absolute Gasteiger partial charge is 0.352 e. The van der Waals surface area contributed by atoms with Crippen molar-refractivity contribution in [1.29, 1.82) is 0 Å². The molecule has 3 heterocycles. The molecule has 1 aromatic carbocycles. The number of nitrogens with one attached hydrogen (secondary N) is 1. The van der Waals surface area contributed by atoms with Crippen molar-refractivity contribution in [3.63, 3.8) is 0 Å². The highest BCUT2D eigenvalue weighted by Gasteiger charge is 2.19. The molecule has 0 bridgehead atoms. The number of hydrogen-bond acceptors (Lipinski definition) is 6. The Labute approximate surface area is 233 Å². The van der Waals surface area contributed by atoms with E-state index in [4.69, 9.17) is 15.6 Å². The Morgan fingerprint density at radius 3 is 2.24 bits per heavy atom. The molecule has 2 aliphatic heterocycles. The number of aliphatic hydroxyl groups is 1. The Balaban J connectivity index is 0.000000355. The van der Waals surface area contributed by atoms with Crippen molar-refractivity contribution < 1.29 is 19.7 Å². The summed E-state index contributed by atoms with van der Waals surface area (Å²) in [5.41, 5.74) is 6.87. The van der Waals surface area contributed by atoms with Gasteiger partial charge in [0.05, 0.1) is 12.7 Å². The maximum atomic E-state index is 10.9. The second kappa shape index (κ2) is 17.1. The van der Waals surface area contributed by atoms with Crippen LogP contribution >= 0.6 is 24.8 Å². The molecule has 0 aliphatic carbocycles. The van der Waals surface area contributed by atoms with Gasteiger partial charge >= 0.3 is 5.97 Å². The number of likely N-dealkylation sites (tertiary alicyclic amines) is 2. The van der Waals surface area contributed by atoms with Gasteiger partial charge in [0.2, 0.25) is 0 Å². The molecule has 2 aliphatic rings. The molecule has 1 aromatic heterocycles. The minimum absolute atomic E-state index is 0. The number of aromatic amines is 1. The lowest BCUT2D eigenvalue weighted by molar-refractivity contribution is 0.0691. The number of carboxylic acid groups (broad SMARTS) is 1. The fourth-order valence-electron chi connectivity index (χ4n) is 4.64. The van der Waals surface area contributed by atoms with E-state index >= 15 is 0 Å². The first-order valence-electron chi connectivity index (χ1n) is 13.2. The minimum Gasteiger partial charge on any atom is -0.493 e. The van der Waals surface area contributed by atoms with Crippen LogP contribution in [0.25, 0.3) is 10.9 Å². The number of nitrogens with two attached hydrogens (primary N) is 1. The highest BCUT2D eigenvalue weighted by Crippen LogP contribution is 2.26. The van der Waals surface area contributed by atoms with E-state index in [1.807, 2.05) is 18.2 Å². The van der Waals surface area contributed by atoms with Gasteiger partial charge in [-0.15, -0.1) is 24.8 Å². The summed E-state index contributed by atoms with van der Waals surface area (Å²) in [5, 5.41) is 19.2. The lowest BCUT2D eigenvalue weighted by Gasteiger charge is -2.34. The van der Waals surface area contributed by atoms with E-state index in [2.05, 4.69) is 28.6 Å². The predicted octanol–water partition coefficient (Wildman–Crippen LogP) is 4.39. The lowest BCUT2D eigenvalue weighted by Crippen LogP contribution is -2.45. The van der Waals surface area contributed by atoms with Gasteiger partial charge in [0, 0.05) is 43.1 Å². The van der Waals surface area contributed by atoms with Gasteiger partial charge in [0.25, 0.3) is 0 Å². The summed E-state index contributed by atoms with van der Waals surface area (Å²) in [6, 6.07) is 7.64. The van der Waals surface area contributed by atoms with Crippen LogP contribution < -0.4 is 10.5 Å². The number of fused-ring (bicyclic) bond motifs is 1. The molecule has 2 aromatic rings. The van der Waals surface area contributed by atoms with Gasteiger partial charge in [0.1, 0.15) is 11.4 Å². The van der Waals surface area contributed by atoms with Gasteiger partial charge in [-0.25, -0.2) is 4.79 Å². The van der Waals surface area contributed by atoms with Crippen molar-refractivity contribution in [1.82, 2.24) is 14.8 Å². The molecule has 212 valence electrons.